The second-order valence-corrected chi connectivity index (χ2v) is 2.98. The predicted molar refractivity (Wildman–Crippen MR) is 46.9 cm³/mol. The lowest BCUT2D eigenvalue weighted by Gasteiger charge is -2.18. The summed E-state index contributed by atoms with van der Waals surface area (Å²) in [5.41, 5.74) is 2.10. The highest BCUT2D eigenvalue weighted by Crippen LogP contribution is 2.20. The van der Waals surface area contributed by atoms with Crippen LogP contribution in [0.2, 0.25) is 0 Å². The van der Waals surface area contributed by atoms with Gasteiger partial charge >= 0.3 is 5.97 Å². The van der Waals surface area contributed by atoms with E-state index in [2.05, 4.69) is 5.32 Å². The molecule has 4 nitrogen and oxygen atoms in total. The van der Waals surface area contributed by atoms with Crippen LogP contribution in [0.5, 0.6) is 0 Å². The maximum Gasteiger partial charge on any atom is 0.333 e. The summed E-state index contributed by atoms with van der Waals surface area (Å²) in [6.07, 6.45) is 0.904. The van der Waals surface area contributed by atoms with Crippen LogP contribution in [0.15, 0.2) is 22.5 Å². The Morgan fingerprint density at radius 1 is 1.46 bits per heavy atom. The molecule has 0 bridgehead atoms. The Hall–Kier alpha value is -1.58. The van der Waals surface area contributed by atoms with Gasteiger partial charge in [0.2, 0.25) is 0 Å². The van der Waals surface area contributed by atoms with Gasteiger partial charge in [-0.1, -0.05) is 0 Å². The zero-order valence-electron chi connectivity index (χ0n) is 7.55. The van der Waals surface area contributed by atoms with E-state index in [9.17, 15) is 9.59 Å². The van der Waals surface area contributed by atoms with Gasteiger partial charge in [-0.2, -0.15) is 0 Å². The molecule has 0 unspecified atom stereocenters. The largest absolute Gasteiger partial charge is 0.478 e. The summed E-state index contributed by atoms with van der Waals surface area (Å²) < 4.78 is 0. The molecule has 0 radical (unpaired) electrons. The molecule has 2 N–H and O–H groups in total. The third-order valence-corrected chi connectivity index (χ3v) is 2.08. The number of aldehydes is 1. The fraction of sp³-hybridized carbons (Fsp3) is 0.333. The van der Waals surface area contributed by atoms with E-state index >= 15 is 0 Å². The number of carbonyl (C=O) groups excluding carboxylic acids is 1. The summed E-state index contributed by atoms with van der Waals surface area (Å²) in [7, 11) is 0. The summed E-state index contributed by atoms with van der Waals surface area (Å²) >= 11 is 0. The summed E-state index contributed by atoms with van der Waals surface area (Å²) in [6.45, 7) is 3.44. The fourth-order valence-electron chi connectivity index (χ4n) is 1.26. The van der Waals surface area contributed by atoms with Crippen molar-refractivity contribution >= 4 is 12.3 Å². The van der Waals surface area contributed by atoms with Crippen molar-refractivity contribution in [1.82, 2.24) is 5.32 Å². The average molecular weight is 181 g/mol. The van der Waals surface area contributed by atoms with Gasteiger partial charge in [0.1, 0.15) is 6.29 Å². The first-order valence-electron chi connectivity index (χ1n) is 3.91. The minimum atomic E-state index is -0.975. The maximum absolute atomic E-state index is 10.7. The Labute approximate surface area is 75.9 Å². The van der Waals surface area contributed by atoms with Gasteiger partial charge in [0, 0.05) is 23.4 Å². The van der Waals surface area contributed by atoms with E-state index in [1.807, 2.05) is 0 Å². The van der Waals surface area contributed by atoms with Crippen LogP contribution in [0.1, 0.15) is 20.3 Å². The first-order chi connectivity index (χ1) is 6.06. The first-order valence-corrected chi connectivity index (χ1v) is 3.91. The summed E-state index contributed by atoms with van der Waals surface area (Å²) in [5, 5.41) is 11.6. The number of nitrogens with one attached hydrogen (secondary N) is 1. The van der Waals surface area contributed by atoms with Gasteiger partial charge in [-0.15, -0.1) is 0 Å². The Balaban J connectivity index is 2.98. The highest BCUT2D eigenvalue weighted by Gasteiger charge is 2.19. The molecule has 0 spiro atoms. The van der Waals surface area contributed by atoms with Crippen molar-refractivity contribution in [2.75, 3.05) is 0 Å². The molecule has 0 fully saturated rings. The number of hydrogen-bond acceptors (Lipinski definition) is 3. The van der Waals surface area contributed by atoms with Crippen molar-refractivity contribution in [1.29, 1.82) is 0 Å². The molecule has 0 saturated carbocycles. The number of carboxylic acid groups (broad SMARTS) is 1. The molecule has 0 aromatic rings. The number of aliphatic carboxylic acids is 1. The second-order valence-electron chi connectivity index (χ2n) is 2.98. The summed E-state index contributed by atoms with van der Waals surface area (Å²) in [4.78, 5) is 21.2. The van der Waals surface area contributed by atoms with E-state index in [1.54, 1.807) is 13.8 Å². The minimum Gasteiger partial charge on any atom is -0.478 e. The Bertz CT molecular complexity index is 326. The van der Waals surface area contributed by atoms with Crippen molar-refractivity contribution in [2.24, 2.45) is 0 Å². The predicted octanol–water partition coefficient (Wildman–Crippen LogP) is 0.811. The minimum absolute atomic E-state index is 0.212. The number of allylic oxidation sites excluding steroid dienone is 3. The van der Waals surface area contributed by atoms with Crippen molar-refractivity contribution in [2.45, 2.75) is 20.3 Å². The molecule has 13 heavy (non-hydrogen) atoms. The molecule has 4 heteroatoms. The van der Waals surface area contributed by atoms with E-state index < -0.39 is 5.97 Å². The van der Waals surface area contributed by atoms with Gasteiger partial charge < -0.3 is 10.4 Å². The molecule has 1 rings (SSSR count). The lowest BCUT2D eigenvalue weighted by atomic mass is 9.99. The highest BCUT2D eigenvalue weighted by molar-refractivity contribution is 5.91. The molecule has 0 aliphatic carbocycles. The zero-order chi connectivity index (χ0) is 10.0. The first kappa shape index (κ1) is 9.51. The molecule has 0 atom stereocenters. The van der Waals surface area contributed by atoms with Gasteiger partial charge in [0.15, 0.2) is 0 Å². The van der Waals surface area contributed by atoms with Crippen LogP contribution >= 0.6 is 0 Å². The topological polar surface area (TPSA) is 66.4 Å². The smallest absolute Gasteiger partial charge is 0.333 e. The van der Waals surface area contributed by atoms with E-state index in [1.165, 1.54) is 0 Å². The Morgan fingerprint density at radius 2 is 2.08 bits per heavy atom. The van der Waals surface area contributed by atoms with E-state index in [4.69, 9.17) is 5.11 Å². The molecule has 1 heterocycles. The lowest BCUT2D eigenvalue weighted by Crippen LogP contribution is -2.22. The van der Waals surface area contributed by atoms with Crippen LogP contribution in [-0.2, 0) is 9.59 Å². The van der Waals surface area contributed by atoms with Crippen LogP contribution in [0, 0.1) is 0 Å². The molecule has 1 aliphatic heterocycles. The van der Waals surface area contributed by atoms with Crippen LogP contribution < -0.4 is 5.32 Å². The van der Waals surface area contributed by atoms with Crippen molar-refractivity contribution in [3.63, 3.8) is 0 Å². The van der Waals surface area contributed by atoms with Crippen LogP contribution in [0.4, 0.5) is 0 Å². The number of dihydropyridines is 1. The number of hydrogen-bond donors (Lipinski definition) is 2. The molecular weight excluding hydrogens is 170 g/mol. The SMILES string of the molecule is CC1=C(C=O)CC(C(=O)O)=C(C)N1. The standard InChI is InChI=1S/C9H11NO3/c1-5-7(4-11)3-8(9(12)13)6(2)10-5/h4,10H,3H2,1-2H3,(H,12,13). The Morgan fingerprint density at radius 3 is 2.54 bits per heavy atom. The summed E-state index contributed by atoms with van der Waals surface area (Å²) in [6, 6.07) is 0. The van der Waals surface area contributed by atoms with Gasteiger partial charge in [0.05, 0.1) is 5.57 Å². The highest BCUT2D eigenvalue weighted by atomic mass is 16.4. The van der Waals surface area contributed by atoms with Gasteiger partial charge in [-0.05, 0) is 13.8 Å². The Kier molecular flexibility index (Phi) is 2.51. The average Bonchev–Trinajstić information content (AvgIpc) is 2.03. The van der Waals surface area contributed by atoms with E-state index in [0.29, 0.717) is 17.6 Å². The lowest BCUT2D eigenvalue weighted by molar-refractivity contribution is -0.132. The van der Waals surface area contributed by atoms with Gasteiger partial charge in [-0.3, -0.25) is 4.79 Å². The third-order valence-electron chi connectivity index (χ3n) is 2.08. The molecular formula is C9H11NO3. The monoisotopic (exact) mass is 181 g/mol. The van der Waals surface area contributed by atoms with Gasteiger partial charge in [0.25, 0.3) is 0 Å². The van der Waals surface area contributed by atoms with Crippen LogP contribution in [0.3, 0.4) is 0 Å². The quantitative estimate of drug-likeness (QED) is 0.619. The van der Waals surface area contributed by atoms with Crippen molar-refractivity contribution in [3.8, 4) is 0 Å². The van der Waals surface area contributed by atoms with Gasteiger partial charge in [-0.25, -0.2) is 4.79 Å². The molecule has 0 aromatic heterocycles. The number of rotatable bonds is 2. The molecule has 0 amide bonds. The molecule has 0 saturated heterocycles. The normalized spacial score (nSPS) is 17.1. The van der Waals surface area contributed by atoms with E-state index in [0.717, 1.165) is 5.70 Å². The van der Waals surface area contributed by atoms with Crippen molar-refractivity contribution < 1.29 is 14.7 Å². The van der Waals surface area contributed by atoms with E-state index in [-0.39, 0.29) is 12.0 Å². The third kappa shape index (κ3) is 1.77. The summed E-state index contributed by atoms with van der Waals surface area (Å²) in [5.74, 6) is -0.975. The van der Waals surface area contributed by atoms with Crippen LogP contribution in [0.25, 0.3) is 0 Å². The molecule has 0 aromatic carbocycles. The number of carboxylic acids is 1. The fourth-order valence-corrected chi connectivity index (χ4v) is 1.26. The molecule has 70 valence electrons. The number of carbonyl (C=O) groups is 2. The van der Waals surface area contributed by atoms with Crippen molar-refractivity contribution in [3.05, 3.63) is 22.5 Å². The second kappa shape index (κ2) is 3.43. The maximum atomic E-state index is 10.7. The molecule has 1 aliphatic rings. The van der Waals surface area contributed by atoms with Crippen LogP contribution in [-0.4, -0.2) is 17.4 Å². The zero-order valence-corrected chi connectivity index (χ0v) is 7.55.